The van der Waals surface area contributed by atoms with Crippen LogP contribution in [-0.2, 0) is 6.18 Å². The van der Waals surface area contributed by atoms with E-state index in [-0.39, 0.29) is 0 Å². The number of halogens is 4. The zero-order chi connectivity index (χ0) is 11.6. The second-order valence-corrected chi connectivity index (χ2v) is 2.66. The number of carbonyl (C=O) groups excluding carboxylic acids is 1. The van der Waals surface area contributed by atoms with Gasteiger partial charge >= 0.3 is 6.18 Å². The van der Waals surface area contributed by atoms with Crippen molar-refractivity contribution in [1.82, 2.24) is 0 Å². The lowest BCUT2D eigenvalue weighted by Crippen LogP contribution is -2.12. The molecule has 0 spiro atoms. The molecule has 1 aromatic carbocycles. The van der Waals surface area contributed by atoms with Crippen molar-refractivity contribution in [1.29, 1.82) is 0 Å². The van der Waals surface area contributed by atoms with Gasteiger partial charge in [0.25, 0.3) is 0 Å². The topological polar surface area (TPSA) is 17.1 Å². The molecule has 0 fully saturated rings. The third-order valence-corrected chi connectivity index (χ3v) is 1.66. The molecule has 0 amide bonds. The van der Waals surface area contributed by atoms with Gasteiger partial charge in [-0.3, -0.25) is 4.79 Å². The minimum atomic E-state index is -4.73. The van der Waals surface area contributed by atoms with Crippen molar-refractivity contribution < 1.29 is 22.4 Å². The van der Waals surface area contributed by atoms with Gasteiger partial charge < -0.3 is 0 Å². The molecule has 0 saturated carbocycles. The average molecular weight is 216 g/mol. The maximum atomic E-state index is 12.6. The highest BCUT2D eigenvalue weighted by Gasteiger charge is 2.34. The van der Waals surface area contributed by atoms with Crippen molar-refractivity contribution in [2.45, 2.75) is 6.18 Å². The summed E-state index contributed by atoms with van der Waals surface area (Å²) in [5.74, 6) is -0.620. The molecule has 1 rings (SSSR count). The summed E-state index contributed by atoms with van der Waals surface area (Å²) in [6.07, 6.45) is -0.0497. The molecule has 0 radical (unpaired) electrons. The van der Waals surface area contributed by atoms with E-state index in [1.807, 2.05) is 0 Å². The molecule has 0 saturated heterocycles. The summed E-state index contributed by atoms with van der Waals surface area (Å²) in [6.45, 7) is 0. The number of carbonyl (C=O) groups is 1. The summed E-state index contributed by atoms with van der Waals surface area (Å²) in [7, 11) is 0. The molecule has 5 heteroatoms. The van der Waals surface area contributed by atoms with Gasteiger partial charge in [-0.2, -0.15) is 13.2 Å². The summed E-state index contributed by atoms with van der Waals surface area (Å²) in [5, 5.41) is 0. The number of benzene rings is 1. The van der Waals surface area contributed by atoms with E-state index >= 15 is 0 Å². The molecule has 0 bridgehead atoms. The van der Waals surface area contributed by atoms with E-state index in [2.05, 4.69) is 6.42 Å². The Labute approximate surface area is 82.7 Å². The van der Waals surface area contributed by atoms with Crippen LogP contribution in [0.2, 0.25) is 0 Å². The van der Waals surface area contributed by atoms with Crippen molar-refractivity contribution in [2.24, 2.45) is 0 Å². The Kier molecular flexibility index (Phi) is 2.80. The van der Waals surface area contributed by atoms with Crippen LogP contribution in [-0.4, -0.2) is 5.78 Å². The van der Waals surface area contributed by atoms with E-state index in [1.165, 1.54) is 5.92 Å². The van der Waals surface area contributed by atoms with E-state index in [0.29, 0.717) is 18.2 Å². The molecular weight excluding hydrogens is 212 g/mol. The molecule has 0 aliphatic heterocycles. The van der Waals surface area contributed by atoms with Crippen LogP contribution < -0.4 is 0 Å². The fraction of sp³-hybridized carbons (Fsp3) is 0.100. The van der Waals surface area contributed by atoms with Gasteiger partial charge in [0.15, 0.2) is 0 Å². The Bertz CT molecular complexity index is 440. The molecule has 0 aromatic heterocycles. The lowest BCUT2D eigenvalue weighted by Gasteiger charge is -2.09. The zero-order valence-corrected chi connectivity index (χ0v) is 7.23. The third kappa shape index (κ3) is 2.34. The molecule has 0 N–H and O–H groups in total. The number of rotatable bonds is 1. The third-order valence-electron chi connectivity index (χ3n) is 1.66. The van der Waals surface area contributed by atoms with Crippen molar-refractivity contribution >= 4 is 5.78 Å². The second-order valence-electron chi connectivity index (χ2n) is 2.66. The molecule has 0 aliphatic rings. The van der Waals surface area contributed by atoms with Gasteiger partial charge in [-0.25, -0.2) is 4.39 Å². The van der Waals surface area contributed by atoms with Gasteiger partial charge in [-0.05, 0) is 24.1 Å². The second kappa shape index (κ2) is 3.73. The zero-order valence-electron chi connectivity index (χ0n) is 7.23. The summed E-state index contributed by atoms with van der Waals surface area (Å²) >= 11 is 0. The highest BCUT2D eigenvalue weighted by atomic mass is 19.4. The molecule has 0 aliphatic carbocycles. The van der Waals surface area contributed by atoms with Gasteiger partial charge in [-0.15, -0.1) is 6.42 Å². The highest BCUT2D eigenvalue weighted by molar-refractivity contribution is 6.09. The van der Waals surface area contributed by atoms with Gasteiger partial charge in [0.2, 0.25) is 5.78 Å². The first-order valence-corrected chi connectivity index (χ1v) is 3.74. The smallest absolute Gasteiger partial charge is 0.279 e. The van der Waals surface area contributed by atoms with Crippen molar-refractivity contribution in [2.75, 3.05) is 0 Å². The predicted octanol–water partition coefficient (Wildman–Crippen LogP) is 2.66. The molecular formula is C10H4F4O. The Morgan fingerprint density at radius 2 is 1.93 bits per heavy atom. The van der Waals surface area contributed by atoms with Crippen LogP contribution >= 0.6 is 0 Å². The molecule has 15 heavy (non-hydrogen) atoms. The fourth-order valence-corrected chi connectivity index (χ4v) is 1.03. The van der Waals surface area contributed by atoms with Crippen molar-refractivity contribution in [3.8, 4) is 12.3 Å². The monoisotopic (exact) mass is 216 g/mol. The van der Waals surface area contributed by atoms with Gasteiger partial charge in [0, 0.05) is 5.56 Å². The van der Waals surface area contributed by atoms with Gasteiger partial charge in [-0.1, -0.05) is 0 Å². The number of terminal acetylenes is 1. The summed E-state index contributed by atoms with van der Waals surface area (Å²) in [4.78, 5) is 10.9. The number of ketones is 1. The Balaban J connectivity index is 3.41. The largest absolute Gasteiger partial charge is 0.417 e. The van der Waals surface area contributed by atoms with Crippen molar-refractivity contribution in [3.63, 3.8) is 0 Å². The van der Waals surface area contributed by atoms with Crippen LogP contribution in [0.1, 0.15) is 15.9 Å². The molecule has 0 atom stereocenters. The van der Waals surface area contributed by atoms with Crippen molar-refractivity contribution in [3.05, 3.63) is 35.1 Å². The normalized spacial score (nSPS) is 10.9. The molecule has 0 heterocycles. The SMILES string of the molecule is C#CC(=O)c1cc(F)ccc1C(F)(F)F. The van der Waals surface area contributed by atoms with Crippen LogP contribution in [0.25, 0.3) is 0 Å². The molecule has 0 unspecified atom stereocenters. The first-order valence-electron chi connectivity index (χ1n) is 3.74. The first-order chi connectivity index (χ1) is 6.86. The first kappa shape index (κ1) is 11.2. The van der Waals surface area contributed by atoms with E-state index < -0.39 is 28.9 Å². The standard InChI is InChI=1S/C10H4F4O/c1-2-9(15)7-5-6(11)3-4-8(7)10(12,13)14/h1,3-5H. The van der Waals surface area contributed by atoms with E-state index in [4.69, 9.17) is 0 Å². The fourth-order valence-electron chi connectivity index (χ4n) is 1.03. The summed E-state index contributed by atoms with van der Waals surface area (Å²) in [6, 6.07) is 1.58. The number of alkyl halides is 3. The number of hydrogen-bond acceptors (Lipinski definition) is 1. The van der Waals surface area contributed by atoms with Gasteiger partial charge in [0.05, 0.1) is 5.56 Å². The summed E-state index contributed by atoms with van der Waals surface area (Å²) < 4.78 is 49.6. The minimum absolute atomic E-state index is 0.477. The van der Waals surface area contributed by atoms with Crippen LogP contribution in [0.15, 0.2) is 18.2 Å². The number of hydrogen-bond donors (Lipinski definition) is 0. The van der Waals surface area contributed by atoms with Crippen LogP contribution in [0.3, 0.4) is 0 Å². The minimum Gasteiger partial charge on any atom is -0.279 e. The Hall–Kier alpha value is -1.83. The van der Waals surface area contributed by atoms with Crippen LogP contribution in [0.5, 0.6) is 0 Å². The van der Waals surface area contributed by atoms with Crippen LogP contribution in [0.4, 0.5) is 17.6 Å². The Morgan fingerprint density at radius 1 is 1.33 bits per heavy atom. The Morgan fingerprint density at radius 3 is 2.40 bits per heavy atom. The van der Waals surface area contributed by atoms with E-state index in [1.54, 1.807) is 0 Å². The lowest BCUT2D eigenvalue weighted by molar-refractivity contribution is -0.137. The number of Topliss-reactive ketones (excluding diaryl/α,β-unsaturated/α-hetero) is 1. The quantitative estimate of drug-likeness (QED) is 0.305. The molecule has 78 valence electrons. The van der Waals surface area contributed by atoms with Crippen LogP contribution in [0, 0.1) is 18.2 Å². The van der Waals surface area contributed by atoms with E-state index in [0.717, 1.165) is 0 Å². The molecule has 1 nitrogen and oxygen atoms in total. The predicted molar refractivity (Wildman–Crippen MR) is 44.6 cm³/mol. The summed E-state index contributed by atoms with van der Waals surface area (Å²) in [5.41, 5.74) is -2.07. The average Bonchev–Trinajstić information content (AvgIpc) is 2.14. The van der Waals surface area contributed by atoms with Gasteiger partial charge in [0.1, 0.15) is 5.82 Å². The maximum Gasteiger partial charge on any atom is 0.417 e. The molecule has 1 aromatic rings. The van der Waals surface area contributed by atoms with E-state index in [9.17, 15) is 22.4 Å². The lowest BCUT2D eigenvalue weighted by atomic mass is 10.0. The maximum absolute atomic E-state index is 12.6. The highest BCUT2D eigenvalue weighted by Crippen LogP contribution is 2.32.